The fraction of sp³-hybridized carbons (Fsp3) is 0.909. The SMILES string of the molecule is CC(C)C(N)C(=O)OCC1OC(O)N(C)C1C. The largest absolute Gasteiger partial charge is 0.462 e. The molecule has 0 spiro atoms. The molecule has 0 aliphatic carbocycles. The number of aliphatic hydroxyl groups excluding tert-OH is 1. The van der Waals surface area contributed by atoms with Gasteiger partial charge in [0.25, 0.3) is 0 Å². The van der Waals surface area contributed by atoms with Gasteiger partial charge in [-0.05, 0) is 19.9 Å². The summed E-state index contributed by atoms with van der Waals surface area (Å²) in [7, 11) is 1.75. The molecule has 4 unspecified atom stereocenters. The van der Waals surface area contributed by atoms with Gasteiger partial charge in [0.1, 0.15) is 18.8 Å². The van der Waals surface area contributed by atoms with Crippen LogP contribution in [0.25, 0.3) is 0 Å². The molecule has 6 heteroatoms. The lowest BCUT2D eigenvalue weighted by Gasteiger charge is -2.19. The minimum atomic E-state index is -0.938. The van der Waals surface area contributed by atoms with Crippen molar-refractivity contribution in [3.8, 4) is 0 Å². The standard InChI is InChI=1S/C11H22N2O4/c1-6(2)9(12)10(14)16-5-8-7(3)13(4)11(15)17-8/h6-9,11,15H,5,12H2,1-4H3. The number of carbonyl (C=O) groups excluding carboxylic acids is 1. The number of likely N-dealkylation sites (N-methyl/N-ethyl adjacent to an activating group) is 1. The molecule has 1 aliphatic heterocycles. The Bertz CT molecular complexity index is 272. The van der Waals surface area contributed by atoms with E-state index in [4.69, 9.17) is 15.2 Å². The Balaban J connectivity index is 2.39. The van der Waals surface area contributed by atoms with Crippen molar-refractivity contribution >= 4 is 5.97 Å². The highest BCUT2D eigenvalue weighted by atomic mass is 16.7. The molecule has 0 bridgehead atoms. The maximum Gasteiger partial charge on any atom is 0.323 e. The zero-order chi connectivity index (χ0) is 13.2. The lowest BCUT2D eigenvalue weighted by molar-refractivity contribution is -0.164. The normalized spacial score (nSPS) is 31.8. The first kappa shape index (κ1) is 14.4. The van der Waals surface area contributed by atoms with Crippen LogP contribution >= 0.6 is 0 Å². The van der Waals surface area contributed by atoms with Crippen LogP contribution in [0.4, 0.5) is 0 Å². The summed E-state index contributed by atoms with van der Waals surface area (Å²) in [4.78, 5) is 13.2. The van der Waals surface area contributed by atoms with Gasteiger partial charge in [0.15, 0.2) is 0 Å². The van der Waals surface area contributed by atoms with Crippen LogP contribution in [-0.4, -0.2) is 54.2 Å². The molecule has 1 fully saturated rings. The first-order chi connectivity index (χ1) is 7.84. The number of hydrogen-bond acceptors (Lipinski definition) is 6. The van der Waals surface area contributed by atoms with Crippen LogP contribution < -0.4 is 5.73 Å². The number of nitrogens with two attached hydrogens (primary N) is 1. The van der Waals surface area contributed by atoms with Crippen LogP contribution in [0.15, 0.2) is 0 Å². The Hall–Kier alpha value is -0.690. The van der Waals surface area contributed by atoms with Gasteiger partial charge in [-0.1, -0.05) is 13.8 Å². The second-order valence-corrected chi connectivity index (χ2v) is 4.81. The van der Waals surface area contributed by atoms with E-state index in [1.165, 1.54) is 0 Å². The molecule has 100 valence electrons. The quantitative estimate of drug-likeness (QED) is 0.651. The Morgan fingerprint density at radius 1 is 1.59 bits per heavy atom. The van der Waals surface area contributed by atoms with E-state index in [2.05, 4.69) is 0 Å². The van der Waals surface area contributed by atoms with Crippen LogP contribution in [0, 0.1) is 5.92 Å². The fourth-order valence-electron chi connectivity index (χ4n) is 1.54. The van der Waals surface area contributed by atoms with Crippen molar-refractivity contribution in [2.75, 3.05) is 13.7 Å². The van der Waals surface area contributed by atoms with Crippen molar-refractivity contribution in [3.63, 3.8) is 0 Å². The zero-order valence-electron chi connectivity index (χ0n) is 10.8. The van der Waals surface area contributed by atoms with Gasteiger partial charge in [0.05, 0.1) is 0 Å². The number of esters is 1. The lowest BCUT2D eigenvalue weighted by atomic mass is 10.1. The molecule has 0 aromatic heterocycles. The second-order valence-electron chi connectivity index (χ2n) is 4.81. The monoisotopic (exact) mass is 246 g/mol. The van der Waals surface area contributed by atoms with E-state index < -0.39 is 18.4 Å². The van der Waals surface area contributed by atoms with Crippen molar-refractivity contribution < 1.29 is 19.4 Å². The topological polar surface area (TPSA) is 85.0 Å². The average molecular weight is 246 g/mol. The Kier molecular flexibility index (Phi) is 4.88. The number of rotatable bonds is 4. The minimum Gasteiger partial charge on any atom is -0.462 e. The number of hydrogen-bond donors (Lipinski definition) is 2. The predicted octanol–water partition coefficient (Wildman–Crippen LogP) is -0.492. The zero-order valence-corrected chi connectivity index (χ0v) is 10.8. The van der Waals surface area contributed by atoms with E-state index in [1.54, 1.807) is 11.9 Å². The van der Waals surface area contributed by atoms with Gasteiger partial charge >= 0.3 is 5.97 Å². The summed E-state index contributed by atoms with van der Waals surface area (Å²) in [5.41, 5.74) is 5.66. The molecule has 1 rings (SSSR count). The van der Waals surface area contributed by atoms with Crippen LogP contribution in [-0.2, 0) is 14.3 Å². The average Bonchev–Trinajstić information content (AvgIpc) is 2.52. The second kappa shape index (κ2) is 5.77. The molecule has 1 saturated heterocycles. The molecule has 0 aromatic carbocycles. The van der Waals surface area contributed by atoms with Crippen molar-refractivity contribution in [2.45, 2.75) is 45.4 Å². The van der Waals surface area contributed by atoms with Gasteiger partial charge in [-0.2, -0.15) is 0 Å². The minimum absolute atomic E-state index is 0.00641. The molecule has 0 aromatic rings. The highest BCUT2D eigenvalue weighted by Gasteiger charge is 2.37. The molecular weight excluding hydrogens is 224 g/mol. The summed E-state index contributed by atoms with van der Waals surface area (Å²) >= 11 is 0. The highest BCUT2D eigenvalue weighted by molar-refractivity contribution is 5.75. The summed E-state index contributed by atoms with van der Waals surface area (Å²) in [5.74, 6) is -0.391. The molecule has 6 nitrogen and oxygen atoms in total. The first-order valence-electron chi connectivity index (χ1n) is 5.82. The van der Waals surface area contributed by atoms with Gasteiger partial charge in [-0.15, -0.1) is 0 Å². The summed E-state index contributed by atoms with van der Waals surface area (Å²) in [5, 5.41) is 9.44. The molecule has 17 heavy (non-hydrogen) atoms. The lowest BCUT2D eigenvalue weighted by Crippen LogP contribution is -2.40. The summed E-state index contributed by atoms with van der Waals surface area (Å²) < 4.78 is 10.3. The third-order valence-electron chi connectivity index (χ3n) is 3.21. The van der Waals surface area contributed by atoms with Gasteiger partial charge in [0.2, 0.25) is 6.41 Å². The van der Waals surface area contributed by atoms with Crippen LogP contribution in [0.1, 0.15) is 20.8 Å². The molecule has 1 heterocycles. The molecule has 0 saturated carbocycles. The molecular formula is C11H22N2O4. The van der Waals surface area contributed by atoms with Crippen LogP contribution in [0.2, 0.25) is 0 Å². The molecule has 3 N–H and O–H groups in total. The maximum absolute atomic E-state index is 11.5. The number of aliphatic hydroxyl groups is 1. The molecule has 0 amide bonds. The molecule has 4 atom stereocenters. The van der Waals surface area contributed by atoms with E-state index in [1.807, 2.05) is 20.8 Å². The van der Waals surface area contributed by atoms with Crippen molar-refractivity contribution in [3.05, 3.63) is 0 Å². The van der Waals surface area contributed by atoms with E-state index in [0.29, 0.717) is 0 Å². The third kappa shape index (κ3) is 3.38. The van der Waals surface area contributed by atoms with Crippen LogP contribution in [0.3, 0.4) is 0 Å². The van der Waals surface area contributed by atoms with Crippen molar-refractivity contribution in [2.24, 2.45) is 11.7 Å². The Morgan fingerprint density at radius 3 is 2.59 bits per heavy atom. The van der Waals surface area contributed by atoms with Crippen LogP contribution in [0.5, 0.6) is 0 Å². The van der Waals surface area contributed by atoms with Gasteiger partial charge in [0, 0.05) is 6.04 Å². The summed E-state index contributed by atoms with van der Waals surface area (Å²) in [6, 6.07) is -0.623. The van der Waals surface area contributed by atoms with E-state index in [0.717, 1.165) is 0 Å². The fourth-order valence-corrected chi connectivity index (χ4v) is 1.54. The molecule has 0 radical (unpaired) electrons. The first-order valence-corrected chi connectivity index (χ1v) is 5.82. The predicted molar refractivity (Wildman–Crippen MR) is 61.9 cm³/mol. The summed E-state index contributed by atoms with van der Waals surface area (Å²) in [6.45, 7) is 5.73. The van der Waals surface area contributed by atoms with Crippen molar-refractivity contribution in [1.29, 1.82) is 0 Å². The Morgan fingerprint density at radius 2 is 2.18 bits per heavy atom. The highest BCUT2D eigenvalue weighted by Crippen LogP contribution is 2.19. The van der Waals surface area contributed by atoms with E-state index in [-0.39, 0.29) is 24.7 Å². The number of nitrogens with zero attached hydrogens (tertiary/aromatic N) is 1. The molecule has 1 aliphatic rings. The van der Waals surface area contributed by atoms with Gasteiger partial charge in [-0.25, -0.2) is 0 Å². The smallest absolute Gasteiger partial charge is 0.323 e. The Labute approximate surface area is 102 Å². The third-order valence-corrected chi connectivity index (χ3v) is 3.21. The van der Waals surface area contributed by atoms with E-state index in [9.17, 15) is 9.90 Å². The summed E-state index contributed by atoms with van der Waals surface area (Å²) in [6.07, 6.45) is -1.26. The van der Waals surface area contributed by atoms with Crippen molar-refractivity contribution in [1.82, 2.24) is 4.90 Å². The maximum atomic E-state index is 11.5. The van der Waals surface area contributed by atoms with E-state index >= 15 is 0 Å². The van der Waals surface area contributed by atoms with Gasteiger partial charge in [-0.3, -0.25) is 9.69 Å². The number of ether oxygens (including phenoxy) is 2. The van der Waals surface area contributed by atoms with Gasteiger partial charge < -0.3 is 20.3 Å². The number of carbonyl (C=O) groups is 1.